The molecule has 2 aromatic heterocycles. The number of hydrogen-bond donors (Lipinski definition) is 1. The van der Waals surface area contributed by atoms with E-state index in [-0.39, 0.29) is 0 Å². The van der Waals surface area contributed by atoms with E-state index in [1.54, 1.807) is 0 Å². The van der Waals surface area contributed by atoms with E-state index in [9.17, 15) is 0 Å². The highest BCUT2D eigenvalue weighted by molar-refractivity contribution is 5.57. The van der Waals surface area contributed by atoms with Crippen molar-refractivity contribution in [2.45, 2.75) is 104 Å². The Bertz CT molecular complexity index is 577. The molecule has 2 rings (SSSR count). The lowest BCUT2D eigenvalue weighted by Gasteiger charge is -2.08. The van der Waals surface area contributed by atoms with Crippen LogP contribution >= 0.6 is 0 Å². The molecule has 29 heavy (non-hydrogen) atoms. The summed E-state index contributed by atoms with van der Waals surface area (Å²) in [6.07, 6.45) is 22.0. The summed E-state index contributed by atoms with van der Waals surface area (Å²) in [5.74, 6) is 0. The molecular weight excluding hydrogens is 354 g/mol. The summed E-state index contributed by atoms with van der Waals surface area (Å²) >= 11 is 0. The molecular formula is C26H41N3. The lowest BCUT2D eigenvalue weighted by atomic mass is 10.1. The minimum absolute atomic E-state index is 1.03. The maximum absolute atomic E-state index is 4.61. The second kappa shape index (κ2) is 15.0. The first-order valence-electron chi connectivity index (χ1n) is 12.0. The molecule has 160 valence electrons. The molecule has 0 radical (unpaired) electrons. The maximum atomic E-state index is 4.61. The van der Waals surface area contributed by atoms with E-state index in [0.29, 0.717) is 0 Å². The van der Waals surface area contributed by atoms with Crippen molar-refractivity contribution < 1.29 is 0 Å². The van der Waals surface area contributed by atoms with E-state index in [1.165, 1.54) is 88.4 Å². The fourth-order valence-corrected chi connectivity index (χ4v) is 3.63. The van der Waals surface area contributed by atoms with Gasteiger partial charge < -0.3 is 5.32 Å². The Morgan fingerprint density at radius 1 is 0.552 bits per heavy atom. The van der Waals surface area contributed by atoms with Gasteiger partial charge in [-0.2, -0.15) is 0 Å². The molecule has 0 aliphatic carbocycles. The topological polar surface area (TPSA) is 37.8 Å². The van der Waals surface area contributed by atoms with Gasteiger partial charge in [-0.3, -0.25) is 9.97 Å². The average molecular weight is 396 g/mol. The molecule has 0 bridgehead atoms. The van der Waals surface area contributed by atoms with Crippen molar-refractivity contribution in [3.05, 3.63) is 48.0 Å². The Hall–Kier alpha value is -1.90. The second-order valence-corrected chi connectivity index (χ2v) is 8.24. The summed E-state index contributed by atoms with van der Waals surface area (Å²) in [5, 5.41) is 3.41. The van der Waals surface area contributed by atoms with Crippen molar-refractivity contribution in [1.82, 2.24) is 9.97 Å². The van der Waals surface area contributed by atoms with Crippen LogP contribution in [0.15, 0.2) is 36.7 Å². The van der Waals surface area contributed by atoms with Gasteiger partial charge in [0, 0.05) is 11.4 Å². The zero-order chi connectivity index (χ0) is 20.6. The lowest BCUT2D eigenvalue weighted by Crippen LogP contribution is -1.96. The van der Waals surface area contributed by atoms with E-state index >= 15 is 0 Å². The van der Waals surface area contributed by atoms with Crippen LogP contribution < -0.4 is 5.32 Å². The minimum Gasteiger partial charge on any atom is -0.353 e. The Labute approximate surface area is 178 Å². The van der Waals surface area contributed by atoms with Gasteiger partial charge >= 0.3 is 0 Å². The third-order valence-electron chi connectivity index (χ3n) is 5.51. The van der Waals surface area contributed by atoms with Gasteiger partial charge in [-0.15, -0.1) is 0 Å². The number of nitrogens with one attached hydrogen (secondary N) is 1. The van der Waals surface area contributed by atoms with E-state index < -0.39 is 0 Å². The molecule has 0 saturated carbocycles. The number of anilines is 2. The molecule has 0 saturated heterocycles. The van der Waals surface area contributed by atoms with Crippen LogP contribution in [0.2, 0.25) is 0 Å². The third kappa shape index (κ3) is 10.4. The van der Waals surface area contributed by atoms with Gasteiger partial charge in [-0.1, -0.05) is 78.1 Å². The summed E-state index contributed by atoms with van der Waals surface area (Å²) in [5.41, 5.74) is 4.45. The highest BCUT2D eigenvalue weighted by Crippen LogP contribution is 2.17. The monoisotopic (exact) mass is 395 g/mol. The van der Waals surface area contributed by atoms with Gasteiger partial charge in [-0.25, -0.2) is 0 Å². The molecule has 0 aliphatic heterocycles. The van der Waals surface area contributed by atoms with E-state index in [4.69, 9.17) is 0 Å². The van der Waals surface area contributed by atoms with Crippen LogP contribution in [-0.2, 0) is 12.8 Å². The zero-order valence-electron chi connectivity index (χ0n) is 18.8. The van der Waals surface area contributed by atoms with Gasteiger partial charge in [0.25, 0.3) is 0 Å². The van der Waals surface area contributed by atoms with Crippen LogP contribution in [0.3, 0.4) is 0 Å². The first kappa shape index (κ1) is 23.4. The highest BCUT2D eigenvalue weighted by atomic mass is 14.9. The molecule has 0 unspecified atom stereocenters. The van der Waals surface area contributed by atoms with Gasteiger partial charge in [0.05, 0.1) is 23.8 Å². The average Bonchev–Trinajstić information content (AvgIpc) is 2.75. The molecule has 0 atom stereocenters. The number of unbranched alkanes of at least 4 members (excludes halogenated alkanes) is 10. The number of aromatic nitrogens is 2. The van der Waals surface area contributed by atoms with Crippen molar-refractivity contribution >= 4 is 11.4 Å². The summed E-state index contributed by atoms with van der Waals surface area (Å²) in [4.78, 5) is 9.23. The van der Waals surface area contributed by atoms with Crippen LogP contribution in [0, 0.1) is 0 Å². The smallest absolute Gasteiger partial charge is 0.0571 e. The fourth-order valence-electron chi connectivity index (χ4n) is 3.63. The van der Waals surface area contributed by atoms with Crippen molar-refractivity contribution in [2.24, 2.45) is 0 Å². The largest absolute Gasteiger partial charge is 0.353 e. The summed E-state index contributed by atoms with van der Waals surface area (Å²) < 4.78 is 0. The van der Waals surface area contributed by atoms with Gasteiger partial charge in [0.2, 0.25) is 0 Å². The SMILES string of the molecule is CCCCCCCCc1ccc(Nc2ccc(CCCCCCCC)nc2)cn1. The minimum atomic E-state index is 1.03. The van der Waals surface area contributed by atoms with Gasteiger partial charge in [-0.05, 0) is 49.9 Å². The Balaban J connectivity index is 1.66. The molecule has 1 N–H and O–H groups in total. The predicted molar refractivity (Wildman–Crippen MR) is 126 cm³/mol. The normalized spacial score (nSPS) is 11.0. The van der Waals surface area contributed by atoms with E-state index in [0.717, 1.165) is 24.2 Å². The molecule has 2 heterocycles. The van der Waals surface area contributed by atoms with Crippen LogP contribution in [0.25, 0.3) is 0 Å². The Kier molecular flexibility index (Phi) is 12.1. The third-order valence-corrected chi connectivity index (χ3v) is 5.51. The molecule has 2 aromatic rings. The molecule has 0 aromatic carbocycles. The Morgan fingerprint density at radius 2 is 0.966 bits per heavy atom. The van der Waals surface area contributed by atoms with E-state index in [1.807, 2.05) is 12.4 Å². The number of pyridine rings is 2. The molecule has 3 heteroatoms. The first-order valence-corrected chi connectivity index (χ1v) is 12.0. The van der Waals surface area contributed by atoms with Crippen molar-refractivity contribution in [1.29, 1.82) is 0 Å². The number of hydrogen-bond acceptors (Lipinski definition) is 3. The Morgan fingerprint density at radius 3 is 1.34 bits per heavy atom. The van der Waals surface area contributed by atoms with Crippen molar-refractivity contribution in [2.75, 3.05) is 5.32 Å². The van der Waals surface area contributed by atoms with Crippen LogP contribution in [0.1, 0.15) is 102 Å². The number of nitrogens with zero attached hydrogens (tertiary/aromatic N) is 2. The highest BCUT2D eigenvalue weighted by Gasteiger charge is 2.00. The molecule has 0 spiro atoms. The molecule has 3 nitrogen and oxygen atoms in total. The van der Waals surface area contributed by atoms with Gasteiger partial charge in [0.1, 0.15) is 0 Å². The van der Waals surface area contributed by atoms with Crippen LogP contribution in [0.5, 0.6) is 0 Å². The second-order valence-electron chi connectivity index (χ2n) is 8.24. The van der Waals surface area contributed by atoms with Gasteiger partial charge in [0.15, 0.2) is 0 Å². The lowest BCUT2D eigenvalue weighted by molar-refractivity contribution is 0.604. The van der Waals surface area contributed by atoms with Crippen LogP contribution in [0.4, 0.5) is 11.4 Å². The zero-order valence-corrected chi connectivity index (χ0v) is 18.8. The summed E-state index contributed by atoms with van der Waals surface area (Å²) in [6, 6.07) is 8.55. The summed E-state index contributed by atoms with van der Waals surface area (Å²) in [6.45, 7) is 4.53. The fraction of sp³-hybridized carbons (Fsp3) is 0.615. The maximum Gasteiger partial charge on any atom is 0.0571 e. The standard InChI is InChI=1S/C26H41N3/c1-3-5-7-9-11-13-15-23-17-19-25(21-27-23)29-26-20-18-24(28-22-26)16-14-12-10-8-6-4-2/h17-22,29H,3-16H2,1-2H3. The quantitative estimate of drug-likeness (QED) is 0.292. The number of aryl methyl sites for hydroxylation is 2. The molecule has 0 aliphatic rings. The first-order chi connectivity index (χ1) is 14.3. The molecule has 0 amide bonds. The number of rotatable bonds is 16. The van der Waals surface area contributed by atoms with Crippen molar-refractivity contribution in [3.8, 4) is 0 Å². The predicted octanol–water partition coefficient (Wildman–Crippen LogP) is 8.03. The molecule has 0 fully saturated rings. The van der Waals surface area contributed by atoms with E-state index in [2.05, 4.69) is 53.4 Å². The van der Waals surface area contributed by atoms with Crippen molar-refractivity contribution in [3.63, 3.8) is 0 Å². The van der Waals surface area contributed by atoms with Crippen LogP contribution in [-0.4, -0.2) is 9.97 Å². The summed E-state index contributed by atoms with van der Waals surface area (Å²) in [7, 11) is 0.